The molecule has 1 aromatic carbocycles. The van der Waals surface area contributed by atoms with Crippen LogP contribution >= 0.6 is 39.9 Å². The minimum Gasteiger partial charge on any atom is -0.356 e. The van der Waals surface area contributed by atoms with Gasteiger partial charge in [0, 0.05) is 20.1 Å². The van der Waals surface area contributed by atoms with Gasteiger partial charge in [0.05, 0.1) is 10.9 Å². The quantitative estimate of drug-likeness (QED) is 0.295. The normalized spacial score (nSPS) is 11.8. The molecule has 120 valence electrons. The summed E-state index contributed by atoms with van der Waals surface area (Å²) in [4.78, 5) is 3.79. The van der Waals surface area contributed by atoms with Crippen molar-refractivity contribution in [1.29, 1.82) is 0 Å². The van der Waals surface area contributed by atoms with Gasteiger partial charge in [-0.25, -0.2) is 4.39 Å². The summed E-state index contributed by atoms with van der Waals surface area (Å²) in [5.74, 6) is -0.165. The first kappa shape index (κ1) is 20.4. The van der Waals surface area contributed by atoms with E-state index >= 15 is 0 Å². The molecule has 0 unspecified atom stereocenters. The Morgan fingerprint density at radius 1 is 1.29 bits per heavy atom. The van der Waals surface area contributed by atoms with Gasteiger partial charge in [0.25, 0.3) is 0 Å². The van der Waals surface area contributed by atoms with E-state index in [2.05, 4.69) is 31.6 Å². The van der Waals surface area contributed by atoms with E-state index in [0.717, 1.165) is 0 Å². The van der Waals surface area contributed by atoms with Crippen LogP contribution in [0.2, 0.25) is 0 Å². The van der Waals surface area contributed by atoms with Crippen molar-refractivity contribution in [2.24, 2.45) is 4.99 Å². The monoisotopic (exact) mass is 483 g/mol. The van der Waals surface area contributed by atoms with Crippen molar-refractivity contribution in [2.75, 3.05) is 13.6 Å². The van der Waals surface area contributed by atoms with Crippen molar-refractivity contribution < 1.29 is 17.6 Å². The van der Waals surface area contributed by atoms with Crippen LogP contribution in [0.1, 0.15) is 12.0 Å². The highest BCUT2D eigenvalue weighted by Gasteiger charge is 2.26. The van der Waals surface area contributed by atoms with Gasteiger partial charge in [-0.3, -0.25) is 4.99 Å². The molecule has 21 heavy (non-hydrogen) atoms. The van der Waals surface area contributed by atoms with Crippen LogP contribution in [-0.4, -0.2) is 25.7 Å². The molecular weight excluding hydrogens is 469 g/mol. The molecule has 0 heterocycles. The third-order valence-corrected chi connectivity index (χ3v) is 3.01. The highest BCUT2D eigenvalue weighted by Crippen LogP contribution is 2.18. The lowest BCUT2D eigenvalue weighted by molar-refractivity contribution is -0.132. The zero-order chi connectivity index (χ0) is 15.2. The second-order valence-corrected chi connectivity index (χ2v) is 4.82. The van der Waals surface area contributed by atoms with Gasteiger partial charge in [0.1, 0.15) is 5.82 Å². The first-order valence-corrected chi connectivity index (χ1v) is 6.56. The molecular formula is C12H15BrF4IN3. The largest absolute Gasteiger partial charge is 0.390 e. The van der Waals surface area contributed by atoms with E-state index in [1.54, 1.807) is 12.1 Å². The summed E-state index contributed by atoms with van der Waals surface area (Å²) in [5, 5.41) is 5.35. The third kappa shape index (κ3) is 8.44. The van der Waals surface area contributed by atoms with Crippen molar-refractivity contribution in [3.63, 3.8) is 0 Å². The molecule has 0 saturated heterocycles. The molecule has 0 atom stereocenters. The average Bonchev–Trinajstić information content (AvgIpc) is 2.36. The fourth-order valence-corrected chi connectivity index (χ4v) is 1.63. The number of nitrogens with zero attached hydrogens (tertiary/aromatic N) is 1. The number of hydrogen-bond acceptors (Lipinski definition) is 1. The van der Waals surface area contributed by atoms with Gasteiger partial charge in [-0.05, 0) is 33.6 Å². The van der Waals surface area contributed by atoms with E-state index in [1.165, 1.54) is 13.1 Å². The van der Waals surface area contributed by atoms with E-state index in [4.69, 9.17) is 0 Å². The molecule has 0 bridgehead atoms. The second-order valence-electron chi connectivity index (χ2n) is 3.97. The summed E-state index contributed by atoms with van der Waals surface area (Å²) in [7, 11) is 1.45. The van der Waals surface area contributed by atoms with E-state index < -0.39 is 18.4 Å². The Kier molecular flexibility index (Phi) is 9.18. The van der Waals surface area contributed by atoms with E-state index in [0.29, 0.717) is 10.0 Å². The van der Waals surface area contributed by atoms with Crippen molar-refractivity contribution in [3.05, 3.63) is 34.1 Å². The van der Waals surface area contributed by atoms with Crippen LogP contribution in [0.5, 0.6) is 0 Å². The molecule has 3 nitrogen and oxygen atoms in total. The van der Waals surface area contributed by atoms with Gasteiger partial charge in [-0.15, -0.1) is 24.0 Å². The number of hydrogen-bond donors (Lipinski definition) is 2. The van der Waals surface area contributed by atoms with Crippen LogP contribution in [0.4, 0.5) is 17.6 Å². The maximum Gasteiger partial charge on any atom is 0.390 e. The standard InChI is InChI=1S/C12H14BrF4N3.HI/c1-18-11(19-5-4-12(15,16)17)20-7-8-2-3-9(13)10(14)6-8;/h2-3,6H,4-5,7H2,1H3,(H2,18,19,20);1H. The maximum atomic E-state index is 13.3. The topological polar surface area (TPSA) is 36.4 Å². The molecule has 0 saturated carbocycles. The highest BCUT2D eigenvalue weighted by molar-refractivity contribution is 14.0. The predicted molar refractivity (Wildman–Crippen MR) is 88.4 cm³/mol. The lowest BCUT2D eigenvalue weighted by Crippen LogP contribution is -2.38. The van der Waals surface area contributed by atoms with Crippen LogP contribution in [0.25, 0.3) is 0 Å². The van der Waals surface area contributed by atoms with Crippen molar-refractivity contribution in [3.8, 4) is 0 Å². The molecule has 0 aliphatic heterocycles. The fraction of sp³-hybridized carbons (Fsp3) is 0.417. The van der Waals surface area contributed by atoms with Crippen LogP contribution in [0.3, 0.4) is 0 Å². The van der Waals surface area contributed by atoms with Crippen LogP contribution in [0, 0.1) is 5.82 Å². The van der Waals surface area contributed by atoms with E-state index in [9.17, 15) is 17.6 Å². The molecule has 0 spiro atoms. The molecule has 0 aliphatic carbocycles. The Morgan fingerprint density at radius 3 is 2.48 bits per heavy atom. The van der Waals surface area contributed by atoms with Crippen LogP contribution < -0.4 is 10.6 Å². The Hall–Kier alpha value is -0.580. The molecule has 0 radical (unpaired) electrons. The molecule has 1 rings (SSSR count). The fourth-order valence-electron chi connectivity index (χ4n) is 1.38. The minimum atomic E-state index is -4.21. The highest BCUT2D eigenvalue weighted by atomic mass is 127. The smallest absolute Gasteiger partial charge is 0.356 e. The molecule has 0 aromatic heterocycles. The van der Waals surface area contributed by atoms with E-state index in [1.807, 2.05) is 0 Å². The molecule has 0 aliphatic rings. The van der Waals surface area contributed by atoms with Crippen molar-refractivity contribution in [2.45, 2.75) is 19.1 Å². The summed E-state index contributed by atoms with van der Waals surface area (Å²) in [6.07, 6.45) is -5.15. The maximum absolute atomic E-state index is 13.3. The Balaban J connectivity index is 0.00000400. The molecule has 0 amide bonds. The summed E-state index contributed by atoms with van der Waals surface area (Å²) in [5.41, 5.74) is 0.657. The summed E-state index contributed by atoms with van der Waals surface area (Å²) >= 11 is 3.04. The Labute approximate surface area is 145 Å². The number of guanidine groups is 1. The van der Waals surface area contributed by atoms with Crippen LogP contribution in [-0.2, 0) is 6.54 Å². The van der Waals surface area contributed by atoms with Gasteiger partial charge >= 0.3 is 6.18 Å². The second kappa shape index (κ2) is 9.44. The summed E-state index contributed by atoms with van der Waals surface area (Å²) in [6, 6.07) is 4.59. The number of benzene rings is 1. The number of alkyl halides is 3. The lowest BCUT2D eigenvalue weighted by atomic mass is 10.2. The first-order valence-electron chi connectivity index (χ1n) is 5.77. The van der Waals surface area contributed by atoms with Crippen molar-refractivity contribution >= 4 is 45.9 Å². The SMILES string of the molecule is CN=C(NCCC(F)(F)F)NCc1ccc(Br)c(F)c1.I. The minimum absolute atomic E-state index is 0. The van der Waals surface area contributed by atoms with Gasteiger partial charge in [0.15, 0.2) is 5.96 Å². The Bertz CT molecular complexity index is 480. The molecule has 2 N–H and O–H groups in total. The third-order valence-electron chi connectivity index (χ3n) is 2.37. The number of nitrogens with one attached hydrogen (secondary N) is 2. The average molecular weight is 484 g/mol. The zero-order valence-electron chi connectivity index (χ0n) is 11.1. The molecule has 0 fully saturated rings. The number of rotatable bonds is 4. The molecule has 9 heteroatoms. The number of aliphatic imine (C=N–C) groups is 1. The van der Waals surface area contributed by atoms with Gasteiger partial charge in [0.2, 0.25) is 0 Å². The Morgan fingerprint density at radius 2 is 1.95 bits per heavy atom. The summed E-state index contributed by atoms with van der Waals surface area (Å²) in [6.45, 7) is -0.00619. The van der Waals surface area contributed by atoms with E-state index in [-0.39, 0.29) is 43.0 Å². The first-order chi connectivity index (χ1) is 9.31. The lowest BCUT2D eigenvalue weighted by Gasteiger charge is -2.13. The van der Waals surface area contributed by atoms with Crippen molar-refractivity contribution in [1.82, 2.24) is 10.6 Å². The summed E-state index contributed by atoms with van der Waals surface area (Å²) < 4.78 is 49.6. The van der Waals surface area contributed by atoms with Gasteiger partial charge in [-0.1, -0.05) is 6.07 Å². The van der Waals surface area contributed by atoms with Gasteiger partial charge in [-0.2, -0.15) is 13.2 Å². The zero-order valence-corrected chi connectivity index (χ0v) is 15.0. The van der Waals surface area contributed by atoms with Gasteiger partial charge < -0.3 is 10.6 Å². The van der Waals surface area contributed by atoms with Crippen LogP contribution in [0.15, 0.2) is 27.7 Å². The molecule has 1 aromatic rings. The predicted octanol–water partition coefficient (Wildman–Crippen LogP) is 3.82. The number of halogens is 6.